The Bertz CT molecular complexity index is 718. The average Bonchev–Trinajstić information content (AvgIpc) is 2.59. The fourth-order valence-corrected chi connectivity index (χ4v) is 2.02. The topological polar surface area (TPSA) is 72.5 Å². The van der Waals surface area contributed by atoms with E-state index in [2.05, 4.69) is 10.1 Å². The predicted molar refractivity (Wildman–Crippen MR) is 85.4 cm³/mol. The number of ketones is 1. The summed E-state index contributed by atoms with van der Waals surface area (Å²) in [5.74, 6) is -0.661. The van der Waals surface area contributed by atoms with Crippen molar-refractivity contribution in [1.29, 1.82) is 0 Å². The molecule has 0 heterocycles. The molecule has 0 aliphatic heterocycles. The minimum atomic E-state index is -0.397. The van der Waals surface area contributed by atoms with E-state index in [-0.39, 0.29) is 11.7 Å². The van der Waals surface area contributed by atoms with Crippen LogP contribution in [0.1, 0.15) is 43.6 Å². The summed E-state index contributed by atoms with van der Waals surface area (Å²) >= 11 is 0. The van der Waals surface area contributed by atoms with Crippen molar-refractivity contribution >= 4 is 17.7 Å². The van der Waals surface area contributed by atoms with Crippen LogP contribution in [-0.4, -0.2) is 24.8 Å². The van der Waals surface area contributed by atoms with Gasteiger partial charge in [0.15, 0.2) is 5.78 Å². The Morgan fingerprint density at radius 1 is 0.870 bits per heavy atom. The molecule has 23 heavy (non-hydrogen) atoms. The van der Waals surface area contributed by atoms with Gasteiger partial charge in [0.05, 0.1) is 12.7 Å². The molecule has 1 N–H and O–H groups in total. The molecule has 5 nitrogen and oxygen atoms in total. The molecule has 0 aliphatic rings. The first-order chi connectivity index (χ1) is 11.0. The van der Waals surface area contributed by atoms with Crippen LogP contribution in [0.3, 0.4) is 0 Å². The number of hydrogen-bond acceptors (Lipinski definition) is 4. The summed E-state index contributed by atoms with van der Waals surface area (Å²) in [7, 11) is 1.33. The lowest BCUT2D eigenvalue weighted by Crippen LogP contribution is -2.22. The van der Waals surface area contributed by atoms with Crippen molar-refractivity contribution in [3.8, 4) is 0 Å². The van der Waals surface area contributed by atoms with Gasteiger partial charge in [0.1, 0.15) is 0 Å². The summed E-state index contributed by atoms with van der Waals surface area (Å²) < 4.78 is 4.63. The lowest BCUT2D eigenvalue weighted by molar-refractivity contribution is 0.0600. The Labute approximate surface area is 134 Å². The van der Waals surface area contributed by atoms with E-state index in [9.17, 15) is 14.4 Å². The van der Waals surface area contributed by atoms with Crippen LogP contribution in [0.25, 0.3) is 0 Å². The average molecular weight is 311 g/mol. The molecule has 2 rings (SSSR count). The van der Waals surface area contributed by atoms with Gasteiger partial charge < -0.3 is 10.1 Å². The third-order valence-corrected chi connectivity index (χ3v) is 3.38. The van der Waals surface area contributed by atoms with E-state index in [1.54, 1.807) is 48.5 Å². The van der Waals surface area contributed by atoms with Crippen molar-refractivity contribution in [3.05, 3.63) is 70.8 Å². The normalized spacial score (nSPS) is 10.0. The summed E-state index contributed by atoms with van der Waals surface area (Å²) in [5.41, 5.74) is 2.38. The van der Waals surface area contributed by atoms with E-state index in [0.717, 1.165) is 5.56 Å². The van der Waals surface area contributed by atoms with Crippen molar-refractivity contribution in [2.75, 3.05) is 7.11 Å². The van der Waals surface area contributed by atoms with Crippen LogP contribution >= 0.6 is 0 Å². The maximum Gasteiger partial charge on any atom is 0.337 e. The molecule has 0 spiro atoms. The Morgan fingerprint density at radius 3 is 1.91 bits per heavy atom. The molecular formula is C18H17NO4. The lowest BCUT2D eigenvalue weighted by atomic mass is 10.1. The van der Waals surface area contributed by atoms with Crippen LogP contribution in [0.5, 0.6) is 0 Å². The molecule has 0 unspecified atom stereocenters. The Balaban J connectivity index is 1.96. The number of amides is 1. The number of carbonyl (C=O) groups excluding carboxylic acids is 3. The van der Waals surface area contributed by atoms with Crippen molar-refractivity contribution in [1.82, 2.24) is 5.32 Å². The molecule has 118 valence electrons. The number of rotatable bonds is 5. The number of hydrogen-bond donors (Lipinski definition) is 1. The van der Waals surface area contributed by atoms with E-state index in [1.807, 2.05) is 0 Å². The third-order valence-electron chi connectivity index (χ3n) is 3.38. The van der Waals surface area contributed by atoms with Crippen molar-refractivity contribution in [2.45, 2.75) is 13.5 Å². The van der Waals surface area contributed by atoms with Gasteiger partial charge in [0.2, 0.25) is 0 Å². The summed E-state index contributed by atoms with van der Waals surface area (Å²) in [6, 6.07) is 13.3. The number of esters is 1. The molecule has 2 aromatic carbocycles. The molecule has 0 atom stereocenters. The first-order valence-corrected chi connectivity index (χ1v) is 7.07. The van der Waals surface area contributed by atoms with Crippen LogP contribution < -0.4 is 5.32 Å². The largest absolute Gasteiger partial charge is 0.465 e. The second-order valence-electron chi connectivity index (χ2n) is 5.00. The highest BCUT2D eigenvalue weighted by Gasteiger charge is 2.08. The van der Waals surface area contributed by atoms with Gasteiger partial charge >= 0.3 is 5.97 Å². The smallest absolute Gasteiger partial charge is 0.337 e. The SMILES string of the molecule is COC(=O)c1ccc(CNC(=O)c2ccc(C(C)=O)cc2)cc1. The van der Waals surface area contributed by atoms with Gasteiger partial charge in [0.25, 0.3) is 5.91 Å². The molecule has 0 saturated heterocycles. The number of carbonyl (C=O) groups is 3. The maximum atomic E-state index is 12.1. The molecule has 0 aromatic heterocycles. The van der Waals surface area contributed by atoms with Gasteiger partial charge in [-0.3, -0.25) is 9.59 Å². The second kappa shape index (κ2) is 7.35. The number of ether oxygens (including phenoxy) is 1. The first-order valence-electron chi connectivity index (χ1n) is 7.07. The quantitative estimate of drug-likeness (QED) is 0.680. The lowest BCUT2D eigenvalue weighted by Gasteiger charge is -2.07. The number of nitrogens with one attached hydrogen (secondary N) is 1. The van der Waals surface area contributed by atoms with Gasteiger partial charge in [-0.2, -0.15) is 0 Å². The van der Waals surface area contributed by atoms with Crippen molar-refractivity contribution in [3.63, 3.8) is 0 Å². The van der Waals surface area contributed by atoms with Crippen LogP contribution in [0.2, 0.25) is 0 Å². The number of methoxy groups -OCH3 is 1. The molecule has 5 heteroatoms. The molecule has 0 bridgehead atoms. The maximum absolute atomic E-state index is 12.1. The standard InChI is InChI=1S/C18H17NO4/c1-12(20)14-7-9-15(10-8-14)17(21)19-11-13-3-5-16(6-4-13)18(22)23-2/h3-10H,11H2,1-2H3,(H,19,21). The highest BCUT2D eigenvalue weighted by atomic mass is 16.5. The van der Waals surface area contributed by atoms with Gasteiger partial charge in [-0.05, 0) is 36.8 Å². The monoisotopic (exact) mass is 311 g/mol. The Hall–Kier alpha value is -2.95. The van der Waals surface area contributed by atoms with Crippen LogP contribution in [0.4, 0.5) is 0 Å². The van der Waals surface area contributed by atoms with Gasteiger partial charge in [-0.1, -0.05) is 24.3 Å². The fraction of sp³-hybridized carbons (Fsp3) is 0.167. The molecule has 0 fully saturated rings. The van der Waals surface area contributed by atoms with Gasteiger partial charge in [0, 0.05) is 17.7 Å². The second-order valence-corrected chi connectivity index (χ2v) is 5.00. The van der Waals surface area contributed by atoms with E-state index >= 15 is 0 Å². The van der Waals surface area contributed by atoms with Crippen LogP contribution in [0, 0.1) is 0 Å². The zero-order chi connectivity index (χ0) is 16.8. The molecule has 0 radical (unpaired) electrons. The van der Waals surface area contributed by atoms with Gasteiger partial charge in [-0.25, -0.2) is 4.79 Å². The van der Waals surface area contributed by atoms with Gasteiger partial charge in [-0.15, -0.1) is 0 Å². The summed E-state index contributed by atoms with van der Waals surface area (Å²) in [6.45, 7) is 1.82. The summed E-state index contributed by atoms with van der Waals surface area (Å²) in [5, 5.41) is 2.79. The molecule has 2 aromatic rings. The van der Waals surface area contributed by atoms with E-state index in [4.69, 9.17) is 0 Å². The number of benzene rings is 2. The third kappa shape index (κ3) is 4.26. The van der Waals surface area contributed by atoms with E-state index < -0.39 is 5.97 Å². The Morgan fingerprint density at radius 2 is 1.39 bits per heavy atom. The minimum Gasteiger partial charge on any atom is -0.465 e. The zero-order valence-electron chi connectivity index (χ0n) is 13.0. The minimum absolute atomic E-state index is 0.0392. The Kier molecular flexibility index (Phi) is 5.25. The summed E-state index contributed by atoms with van der Waals surface area (Å²) in [6.07, 6.45) is 0. The number of Topliss-reactive ketones (excluding diaryl/α,β-unsaturated/α-hetero) is 1. The molecule has 0 aliphatic carbocycles. The summed E-state index contributed by atoms with van der Waals surface area (Å²) in [4.78, 5) is 34.6. The molecule has 0 saturated carbocycles. The van der Waals surface area contributed by atoms with Crippen molar-refractivity contribution in [2.24, 2.45) is 0 Å². The van der Waals surface area contributed by atoms with Crippen LogP contribution in [-0.2, 0) is 11.3 Å². The predicted octanol–water partition coefficient (Wildman–Crippen LogP) is 2.61. The van der Waals surface area contributed by atoms with Crippen LogP contribution in [0.15, 0.2) is 48.5 Å². The highest BCUT2D eigenvalue weighted by Crippen LogP contribution is 2.08. The molecule has 1 amide bonds. The van der Waals surface area contributed by atoms with Crippen molar-refractivity contribution < 1.29 is 19.1 Å². The molecular weight excluding hydrogens is 294 g/mol. The zero-order valence-corrected chi connectivity index (χ0v) is 13.0. The van der Waals surface area contributed by atoms with E-state index in [1.165, 1.54) is 14.0 Å². The fourth-order valence-electron chi connectivity index (χ4n) is 2.02. The first kappa shape index (κ1) is 16.4. The highest BCUT2D eigenvalue weighted by molar-refractivity contribution is 5.97. The van der Waals surface area contributed by atoms with E-state index in [0.29, 0.717) is 23.2 Å².